The summed E-state index contributed by atoms with van der Waals surface area (Å²) in [6.45, 7) is 1.81. The molecule has 0 bridgehead atoms. The van der Waals surface area contributed by atoms with E-state index in [1.807, 2.05) is 61.5 Å². The van der Waals surface area contributed by atoms with Crippen molar-refractivity contribution in [1.82, 2.24) is 5.32 Å². The third-order valence-corrected chi connectivity index (χ3v) is 6.33. The van der Waals surface area contributed by atoms with Crippen LogP contribution in [-0.2, 0) is 9.59 Å². The lowest BCUT2D eigenvalue weighted by atomic mass is 9.78. The molecule has 1 N–H and O–H groups in total. The zero-order valence-corrected chi connectivity index (χ0v) is 17.7. The number of carbonyl (C=O) groups is 2. The maximum atomic E-state index is 14.0. The van der Waals surface area contributed by atoms with E-state index in [0.717, 1.165) is 54.6 Å². The van der Waals surface area contributed by atoms with Crippen molar-refractivity contribution < 1.29 is 9.59 Å². The molecular weight excluding hydrogens is 374 g/mol. The van der Waals surface area contributed by atoms with Crippen LogP contribution in [0.1, 0.15) is 56.6 Å². The first kappa shape index (κ1) is 20.3. The number of likely N-dealkylation sites (N-methyl/N-ethyl adjacent to an activating group) is 1. The third-order valence-electron chi connectivity index (χ3n) is 6.33. The van der Waals surface area contributed by atoms with E-state index in [4.69, 9.17) is 4.99 Å². The molecule has 1 aliphatic heterocycles. The third kappa shape index (κ3) is 3.53. The number of amides is 2. The molecule has 1 atom stereocenters. The molecule has 2 amide bonds. The Bertz CT molecular complexity index is 963. The molecule has 2 aromatic rings. The standard InChI is InChI=1S/C25H29N3O2/c1-3-22(29)26-25(19-14-8-5-9-15-19)24(30)28(2)21-17-11-10-16-20(21)23(27-25)18-12-6-4-7-13-18/h4,6-7,10-13,16-17,19H,3,5,8-9,14-15H2,1-2H3,(H,26,29)/t25-/m1/s1. The maximum absolute atomic E-state index is 14.0. The monoisotopic (exact) mass is 403 g/mol. The van der Waals surface area contributed by atoms with E-state index in [2.05, 4.69) is 5.32 Å². The predicted molar refractivity (Wildman–Crippen MR) is 120 cm³/mol. The number of rotatable bonds is 4. The smallest absolute Gasteiger partial charge is 0.275 e. The van der Waals surface area contributed by atoms with E-state index in [1.165, 1.54) is 0 Å². The molecule has 5 nitrogen and oxygen atoms in total. The molecule has 1 heterocycles. The van der Waals surface area contributed by atoms with Gasteiger partial charge in [-0.2, -0.15) is 0 Å². The normalized spacial score (nSPS) is 22.1. The van der Waals surface area contributed by atoms with E-state index >= 15 is 0 Å². The zero-order valence-electron chi connectivity index (χ0n) is 17.7. The highest BCUT2D eigenvalue weighted by Gasteiger charge is 2.50. The maximum Gasteiger partial charge on any atom is 0.275 e. The molecule has 4 rings (SSSR count). The summed E-state index contributed by atoms with van der Waals surface area (Å²) < 4.78 is 0. The summed E-state index contributed by atoms with van der Waals surface area (Å²) in [5.41, 5.74) is 2.13. The number of aliphatic imine (C=N–C) groups is 1. The first-order chi connectivity index (χ1) is 14.6. The van der Waals surface area contributed by atoms with E-state index in [9.17, 15) is 9.59 Å². The van der Waals surface area contributed by atoms with Gasteiger partial charge in [-0.3, -0.25) is 9.59 Å². The topological polar surface area (TPSA) is 61.8 Å². The highest BCUT2D eigenvalue weighted by Crippen LogP contribution is 2.39. The minimum absolute atomic E-state index is 0.0234. The van der Waals surface area contributed by atoms with Crippen molar-refractivity contribution in [3.8, 4) is 0 Å². The van der Waals surface area contributed by atoms with Crippen molar-refractivity contribution in [3.05, 3.63) is 65.7 Å². The minimum Gasteiger partial charge on any atom is -0.324 e. The van der Waals surface area contributed by atoms with Crippen LogP contribution in [0.4, 0.5) is 5.69 Å². The van der Waals surface area contributed by atoms with E-state index in [-0.39, 0.29) is 17.7 Å². The van der Waals surface area contributed by atoms with Crippen LogP contribution in [0, 0.1) is 5.92 Å². The zero-order chi connectivity index (χ0) is 21.1. The Hall–Kier alpha value is -2.95. The molecule has 0 aromatic heterocycles. The lowest BCUT2D eigenvalue weighted by Gasteiger charge is -2.40. The number of para-hydroxylation sites is 1. The summed E-state index contributed by atoms with van der Waals surface area (Å²) in [5, 5.41) is 3.09. The van der Waals surface area contributed by atoms with Gasteiger partial charge >= 0.3 is 0 Å². The molecule has 1 saturated carbocycles. The Labute approximate surface area is 178 Å². The number of fused-ring (bicyclic) bond motifs is 1. The van der Waals surface area contributed by atoms with E-state index in [0.29, 0.717) is 6.42 Å². The Morgan fingerprint density at radius 1 is 1.07 bits per heavy atom. The highest BCUT2D eigenvalue weighted by molar-refractivity contribution is 6.21. The molecule has 0 spiro atoms. The number of anilines is 1. The van der Waals surface area contributed by atoms with Gasteiger partial charge in [0, 0.05) is 30.5 Å². The summed E-state index contributed by atoms with van der Waals surface area (Å²) in [7, 11) is 1.79. The Morgan fingerprint density at radius 3 is 2.43 bits per heavy atom. The van der Waals surface area contributed by atoms with Gasteiger partial charge in [0.2, 0.25) is 11.6 Å². The van der Waals surface area contributed by atoms with Crippen molar-refractivity contribution in [1.29, 1.82) is 0 Å². The van der Waals surface area contributed by atoms with Gasteiger partial charge in [-0.15, -0.1) is 0 Å². The SMILES string of the molecule is CCC(=O)N[C@]1(C2CCCCC2)N=C(c2ccccc2)c2ccccc2N(C)C1=O. The Morgan fingerprint density at radius 2 is 1.73 bits per heavy atom. The molecule has 5 heteroatoms. The van der Waals surface area contributed by atoms with Gasteiger partial charge in [-0.05, 0) is 18.9 Å². The lowest BCUT2D eigenvalue weighted by molar-refractivity contribution is -0.134. The number of hydrogen-bond donors (Lipinski definition) is 1. The molecule has 1 aliphatic carbocycles. The lowest BCUT2D eigenvalue weighted by Crippen LogP contribution is -2.62. The van der Waals surface area contributed by atoms with Crippen LogP contribution in [-0.4, -0.2) is 30.2 Å². The number of benzodiazepines with no additional fused rings is 1. The van der Waals surface area contributed by atoms with Crippen LogP contribution < -0.4 is 10.2 Å². The molecule has 156 valence electrons. The fraction of sp³-hybridized carbons (Fsp3) is 0.400. The first-order valence-corrected chi connectivity index (χ1v) is 10.9. The van der Waals surface area contributed by atoms with Crippen molar-refractivity contribution in [2.24, 2.45) is 10.9 Å². The Kier molecular flexibility index (Phi) is 5.71. The van der Waals surface area contributed by atoms with Gasteiger partial charge in [-0.25, -0.2) is 4.99 Å². The second kappa shape index (κ2) is 8.42. The summed E-state index contributed by atoms with van der Waals surface area (Å²) in [6, 6.07) is 17.8. The quantitative estimate of drug-likeness (QED) is 0.827. The predicted octanol–water partition coefficient (Wildman–Crippen LogP) is 4.30. The van der Waals surface area contributed by atoms with Crippen LogP contribution in [0.15, 0.2) is 59.6 Å². The average Bonchev–Trinajstić information content (AvgIpc) is 2.90. The minimum atomic E-state index is -1.29. The molecule has 0 radical (unpaired) electrons. The van der Waals surface area contributed by atoms with E-state index < -0.39 is 5.66 Å². The van der Waals surface area contributed by atoms with Gasteiger partial charge in [-0.1, -0.05) is 74.7 Å². The molecule has 2 aromatic carbocycles. The first-order valence-electron chi connectivity index (χ1n) is 10.9. The summed E-state index contributed by atoms with van der Waals surface area (Å²) in [5.74, 6) is -0.330. The van der Waals surface area contributed by atoms with Crippen LogP contribution in [0.3, 0.4) is 0 Å². The van der Waals surface area contributed by atoms with Crippen LogP contribution in [0.2, 0.25) is 0 Å². The fourth-order valence-electron chi connectivity index (χ4n) is 4.70. The molecule has 0 saturated heterocycles. The van der Waals surface area contributed by atoms with Gasteiger partial charge in [0.05, 0.1) is 11.4 Å². The van der Waals surface area contributed by atoms with Crippen molar-refractivity contribution in [3.63, 3.8) is 0 Å². The molecule has 30 heavy (non-hydrogen) atoms. The van der Waals surface area contributed by atoms with Crippen molar-refractivity contribution >= 4 is 23.2 Å². The second-order valence-corrected chi connectivity index (χ2v) is 8.21. The number of benzene rings is 2. The molecule has 2 aliphatic rings. The average molecular weight is 404 g/mol. The summed E-state index contributed by atoms with van der Waals surface area (Å²) in [4.78, 5) is 33.5. The number of carbonyl (C=O) groups excluding carboxylic acids is 2. The van der Waals surface area contributed by atoms with Crippen LogP contribution >= 0.6 is 0 Å². The summed E-state index contributed by atoms with van der Waals surface area (Å²) in [6.07, 6.45) is 5.34. The van der Waals surface area contributed by atoms with E-state index in [1.54, 1.807) is 11.9 Å². The largest absolute Gasteiger partial charge is 0.324 e. The second-order valence-electron chi connectivity index (χ2n) is 8.21. The van der Waals surface area contributed by atoms with Gasteiger partial charge in [0.15, 0.2) is 0 Å². The van der Waals surface area contributed by atoms with Crippen molar-refractivity contribution in [2.75, 3.05) is 11.9 Å². The van der Waals surface area contributed by atoms with Gasteiger partial charge in [0.25, 0.3) is 5.91 Å². The number of nitrogens with one attached hydrogen (secondary N) is 1. The Balaban J connectivity index is 1.98. The summed E-state index contributed by atoms with van der Waals surface area (Å²) >= 11 is 0. The molecule has 1 fully saturated rings. The van der Waals surface area contributed by atoms with Crippen molar-refractivity contribution in [2.45, 2.75) is 51.1 Å². The number of nitrogens with zero attached hydrogens (tertiary/aromatic N) is 2. The highest BCUT2D eigenvalue weighted by atomic mass is 16.2. The van der Waals surface area contributed by atoms with Gasteiger partial charge in [0.1, 0.15) is 0 Å². The fourth-order valence-corrected chi connectivity index (χ4v) is 4.70. The van der Waals surface area contributed by atoms with Crippen LogP contribution in [0.5, 0.6) is 0 Å². The number of hydrogen-bond acceptors (Lipinski definition) is 3. The van der Waals surface area contributed by atoms with Gasteiger partial charge < -0.3 is 10.2 Å². The van der Waals surface area contributed by atoms with Crippen LogP contribution in [0.25, 0.3) is 0 Å². The molecular formula is C25H29N3O2. The molecule has 0 unspecified atom stereocenters.